The molecular formula is C46H77N15O17S2. The Kier molecular flexibility index (Phi) is 31.9. The number of imidazole rings is 1. The Labute approximate surface area is 471 Å². The number of carbonyl (C=O) groups is 12. The molecule has 0 fully saturated rings. The summed E-state index contributed by atoms with van der Waals surface area (Å²) in [4.78, 5) is 167. The molecule has 9 amide bonds. The predicted molar refractivity (Wildman–Crippen MR) is 290 cm³/mol. The van der Waals surface area contributed by atoms with Crippen LogP contribution in [0.5, 0.6) is 0 Å². The highest BCUT2D eigenvalue weighted by Crippen LogP contribution is 2.12. The number of hydrogen-bond acceptors (Lipinski definition) is 19. The lowest BCUT2D eigenvalue weighted by Gasteiger charge is -2.29. The molecule has 34 heteroatoms. The first kappa shape index (κ1) is 70.7. The number of H-pyrrole nitrogens is 1. The smallest absolute Gasteiger partial charge is 0.326 e. The minimum Gasteiger partial charge on any atom is -0.481 e. The summed E-state index contributed by atoms with van der Waals surface area (Å²) in [5.74, 6) is -15.3. The van der Waals surface area contributed by atoms with Gasteiger partial charge in [-0.3, -0.25) is 57.7 Å². The summed E-state index contributed by atoms with van der Waals surface area (Å²) >= 11 is 8.12. The van der Waals surface area contributed by atoms with Crippen LogP contribution in [0.1, 0.15) is 85.3 Å². The molecule has 1 heterocycles. The van der Waals surface area contributed by atoms with Crippen molar-refractivity contribution < 1.29 is 83.1 Å². The second-order valence-corrected chi connectivity index (χ2v) is 19.8. The van der Waals surface area contributed by atoms with Crippen molar-refractivity contribution in [2.75, 3.05) is 24.7 Å². The Balaban J connectivity index is 3.39. The number of carboxylic acids is 3. The summed E-state index contributed by atoms with van der Waals surface area (Å²) in [6.45, 7) is 6.62. The molecule has 80 heavy (non-hydrogen) atoms. The maximum absolute atomic E-state index is 14.3. The number of thiol groups is 2. The summed E-state index contributed by atoms with van der Waals surface area (Å²) in [6.07, 6.45) is -1.52. The number of nitrogens with one attached hydrogen (secondary N) is 10. The second kappa shape index (κ2) is 36.1. The fraction of sp³-hybridized carbons (Fsp3) is 0.652. The first-order valence-electron chi connectivity index (χ1n) is 25.1. The van der Waals surface area contributed by atoms with Crippen molar-refractivity contribution in [2.45, 2.75) is 153 Å². The fourth-order valence-corrected chi connectivity index (χ4v) is 7.67. The lowest BCUT2D eigenvalue weighted by Crippen LogP contribution is -2.62. The zero-order chi connectivity index (χ0) is 61.0. The van der Waals surface area contributed by atoms with Gasteiger partial charge >= 0.3 is 17.9 Å². The first-order chi connectivity index (χ1) is 37.4. The molecule has 0 radical (unpaired) electrons. The molecule has 0 aromatic carbocycles. The minimum atomic E-state index is -1.85. The lowest BCUT2D eigenvalue weighted by atomic mass is 9.99. The molecule has 0 aliphatic heterocycles. The van der Waals surface area contributed by atoms with Crippen LogP contribution in [0.3, 0.4) is 0 Å². The number of aliphatic carboxylic acids is 3. The third-order valence-corrected chi connectivity index (χ3v) is 12.3. The highest BCUT2D eigenvalue weighted by molar-refractivity contribution is 7.80. The zero-order valence-electron chi connectivity index (χ0n) is 44.8. The molecule has 1 rings (SSSR count). The monoisotopic (exact) mass is 1180 g/mol. The van der Waals surface area contributed by atoms with E-state index < -0.39 is 169 Å². The van der Waals surface area contributed by atoms with Gasteiger partial charge in [-0.2, -0.15) is 25.3 Å². The van der Waals surface area contributed by atoms with Crippen LogP contribution >= 0.6 is 25.3 Å². The van der Waals surface area contributed by atoms with Crippen molar-refractivity contribution in [1.29, 1.82) is 0 Å². The van der Waals surface area contributed by atoms with Crippen molar-refractivity contribution in [2.24, 2.45) is 34.0 Å². The maximum Gasteiger partial charge on any atom is 0.326 e. The summed E-state index contributed by atoms with van der Waals surface area (Å²) in [5.41, 5.74) is 16.6. The number of rotatable bonds is 38. The van der Waals surface area contributed by atoms with Gasteiger partial charge in [0.05, 0.1) is 25.1 Å². The van der Waals surface area contributed by atoms with Crippen LogP contribution in [0.25, 0.3) is 0 Å². The van der Waals surface area contributed by atoms with Crippen molar-refractivity contribution >= 4 is 102 Å². The fourth-order valence-electron chi connectivity index (χ4n) is 7.16. The molecule has 0 aliphatic carbocycles. The van der Waals surface area contributed by atoms with E-state index in [-0.39, 0.29) is 67.7 Å². The number of guanidine groups is 1. The summed E-state index contributed by atoms with van der Waals surface area (Å²) < 4.78 is 0. The van der Waals surface area contributed by atoms with Crippen LogP contribution in [0.4, 0.5) is 0 Å². The van der Waals surface area contributed by atoms with Gasteiger partial charge in [0.25, 0.3) is 0 Å². The Morgan fingerprint density at radius 1 is 0.588 bits per heavy atom. The largest absolute Gasteiger partial charge is 0.481 e. The topological polar surface area (TPSA) is 533 Å². The third-order valence-electron chi connectivity index (χ3n) is 11.6. The van der Waals surface area contributed by atoms with Gasteiger partial charge < -0.3 is 95.6 Å². The van der Waals surface area contributed by atoms with E-state index in [1.165, 1.54) is 26.4 Å². The summed E-state index contributed by atoms with van der Waals surface area (Å²) in [6, 6.07) is -15.5. The lowest BCUT2D eigenvalue weighted by molar-refractivity contribution is -0.142. The van der Waals surface area contributed by atoms with Gasteiger partial charge in [-0.25, -0.2) is 9.78 Å². The molecule has 0 unspecified atom stereocenters. The van der Waals surface area contributed by atoms with Crippen LogP contribution in [0.15, 0.2) is 17.5 Å². The van der Waals surface area contributed by atoms with E-state index in [1.54, 1.807) is 13.8 Å². The molecule has 0 bridgehead atoms. The molecule has 1 aromatic rings. The predicted octanol–water partition coefficient (Wildman–Crippen LogP) is -6.55. The Morgan fingerprint density at radius 3 is 1.54 bits per heavy atom. The molecule has 450 valence electrons. The van der Waals surface area contributed by atoms with Crippen LogP contribution in [0.2, 0.25) is 0 Å². The standard InChI is InChI=1S/C46H77N15O17S2/c1-20(2)13-27(39(71)60-34(21(3)4)43(75)57-29(16-62)40(72)59-30(17-79)41(73)54-26(45(77)78)7-6-12-51-46(48)49)55-38(70)28(14-23-15-50-19-52-23)56-37(69)25(9-11-33(66)67)53-44(76)35(22(5)63)61-42(74)31(18-80)58-36(68)24(47)8-10-32(64)65/h15,19-22,24-31,34-35,62-63,79-80H,6-14,16-18,47H2,1-5H3,(H,50,52)(H,53,76)(H,54,73)(H,55,70)(H,56,69)(H,57,75)(H,58,68)(H,59,72)(H,60,71)(H,61,74)(H,64,65)(H,66,67)(H,77,78)(H4,48,49,51)/t22-,24+,25+,26+,27+,28+,29+,30+,31+,34+,35+/m1/s1. The van der Waals surface area contributed by atoms with Crippen molar-refractivity contribution in [3.05, 3.63) is 18.2 Å². The molecule has 21 N–H and O–H groups in total. The van der Waals surface area contributed by atoms with Crippen molar-refractivity contribution in [3.63, 3.8) is 0 Å². The number of carboxylic acid groups (broad SMARTS) is 3. The number of aromatic amines is 1. The van der Waals surface area contributed by atoms with E-state index in [0.29, 0.717) is 0 Å². The van der Waals surface area contributed by atoms with Gasteiger partial charge in [-0.05, 0) is 50.9 Å². The number of aromatic nitrogens is 2. The van der Waals surface area contributed by atoms with E-state index in [4.69, 9.17) is 22.3 Å². The van der Waals surface area contributed by atoms with Crippen LogP contribution in [-0.2, 0) is 64.0 Å². The number of carbonyl (C=O) groups excluding carboxylic acids is 9. The Hall–Kier alpha value is -7.30. The van der Waals surface area contributed by atoms with E-state index in [9.17, 15) is 78.0 Å². The number of aliphatic imine (C=N–C) groups is 1. The maximum atomic E-state index is 14.3. The molecule has 1 aromatic heterocycles. The van der Waals surface area contributed by atoms with Crippen molar-refractivity contribution in [3.8, 4) is 0 Å². The SMILES string of the molecule is CC(C)C[C@H](NC(=O)[C@H](Cc1cnc[nH]1)NC(=O)[C@H](CCC(=O)O)NC(=O)[C@@H](NC(=O)[C@H](CS)NC(=O)[C@@H](N)CCC(=O)O)[C@@H](C)O)C(=O)N[C@H](C(=O)N[C@@H](CO)C(=O)N[C@@H](CS)C(=O)N[C@@H](CCCN=C(N)N)C(=O)O)C(C)C. The number of aliphatic hydroxyl groups excluding tert-OH is 2. The van der Waals surface area contributed by atoms with Crippen LogP contribution in [0, 0.1) is 11.8 Å². The Bertz CT molecular complexity index is 2310. The molecular weight excluding hydrogens is 1100 g/mol. The van der Waals surface area contributed by atoms with E-state index >= 15 is 0 Å². The summed E-state index contributed by atoms with van der Waals surface area (Å²) in [5, 5.41) is 70.1. The highest BCUT2D eigenvalue weighted by atomic mass is 32.1. The van der Waals surface area contributed by atoms with E-state index in [1.807, 2.05) is 0 Å². The number of aliphatic hydroxyl groups is 2. The van der Waals surface area contributed by atoms with Gasteiger partial charge in [0, 0.05) is 49.2 Å². The minimum absolute atomic E-state index is 0.0678. The first-order valence-corrected chi connectivity index (χ1v) is 26.4. The number of nitrogens with zero attached hydrogens (tertiary/aromatic N) is 2. The molecule has 32 nitrogen and oxygen atoms in total. The Morgan fingerprint density at radius 2 is 1.04 bits per heavy atom. The second-order valence-electron chi connectivity index (χ2n) is 19.1. The van der Waals surface area contributed by atoms with Gasteiger partial charge in [0.15, 0.2) is 5.96 Å². The molecule has 0 aliphatic rings. The van der Waals surface area contributed by atoms with Gasteiger partial charge in [-0.15, -0.1) is 0 Å². The molecule has 11 atom stereocenters. The van der Waals surface area contributed by atoms with Crippen molar-refractivity contribution in [1.82, 2.24) is 57.8 Å². The van der Waals surface area contributed by atoms with Gasteiger partial charge in [-0.1, -0.05) is 27.7 Å². The number of amides is 9. The molecule has 0 saturated heterocycles. The van der Waals surface area contributed by atoms with E-state index in [2.05, 4.69) is 88.1 Å². The van der Waals surface area contributed by atoms with E-state index in [0.717, 1.165) is 6.92 Å². The highest BCUT2D eigenvalue weighted by Gasteiger charge is 2.37. The van der Waals surface area contributed by atoms with Crippen LogP contribution in [-0.4, -0.2) is 204 Å². The molecule has 0 spiro atoms. The normalized spacial score (nSPS) is 15.2. The zero-order valence-corrected chi connectivity index (χ0v) is 46.6. The third kappa shape index (κ3) is 26.1. The average molecular weight is 1180 g/mol. The van der Waals surface area contributed by atoms with Crippen LogP contribution < -0.4 is 65.1 Å². The molecule has 0 saturated carbocycles. The van der Waals surface area contributed by atoms with Gasteiger partial charge in [0.1, 0.15) is 54.4 Å². The number of nitrogens with two attached hydrogens (primary N) is 3. The average Bonchev–Trinajstić information content (AvgIpc) is 3.90. The van der Waals surface area contributed by atoms with Gasteiger partial charge in [0.2, 0.25) is 53.2 Å². The number of hydrogen-bond donors (Lipinski definition) is 20. The quantitative estimate of drug-likeness (QED) is 0.0127. The summed E-state index contributed by atoms with van der Waals surface area (Å²) in [7, 11) is 0.